The van der Waals surface area contributed by atoms with Gasteiger partial charge in [-0.1, -0.05) is 29.8 Å². The molecule has 130 valence electrons. The van der Waals surface area contributed by atoms with Crippen LogP contribution in [0.15, 0.2) is 52.5 Å². The van der Waals surface area contributed by atoms with Crippen LogP contribution in [0.3, 0.4) is 0 Å². The lowest BCUT2D eigenvalue weighted by Crippen LogP contribution is -2.24. The number of hydrogen-bond acceptors (Lipinski definition) is 4. The fourth-order valence-corrected chi connectivity index (χ4v) is 2.61. The number of nitrogens with one attached hydrogen (secondary N) is 2. The zero-order chi connectivity index (χ0) is 18.2. The van der Waals surface area contributed by atoms with Gasteiger partial charge < -0.3 is 5.32 Å². The van der Waals surface area contributed by atoms with Crippen LogP contribution in [0.5, 0.6) is 0 Å². The molecule has 0 fully saturated rings. The van der Waals surface area contributed by atoms with Crippen molar-refractivity contribution >= 4 is 35.5 Å². The summed E-state index contributed by atoms with van der Waals surface area (Å²) in [7, 11) is 0. The van der Waals surface area contributed by atoms with E-state index in [0.29, 0.717) is 5.69 Å². The normalized spacial score (nSPS) is 10.7. The minimum Gasteiger partial charge on any atom is -0.325 e. The first-order valence-corrected chi connectivity index (χ1v) is 9.03. The lowest BCUT2D eigenvalue weighted by molar-refractivity contribution is -0.126. The number of carbonyl (C=O) groups excluding carboxylic acids is 2. The second kappa shape index (κ2) is 9.03. The van der Waals surface area contributed by atoms with Gasteiger partial charge in [-0.25, -0.2) is 5.43 Å². The predicted molar refractivity (Wildman–Crippen MR) is 103 cm³/mol. The van der Waals surface area contributed by atoms with Crippen LogP contribution in [-0.4, -0.2) is 24.3 Å². The molecule has 0 aliphatic rings. The summed E-state index contributed by atoms with van der Waals surface area (Å²) in [6, 6.07) is 13.5. The number of anilines is 1. The van der Waals surface area contributed by atoms with Gasteiger partial charge in [-0.3, -0.25) is 9.59 Å². The highest BCUT2D eigenvalue weighted by atomic mass is 32.2. The topological polar surface area (TPSA) is 70.6 Å². The zero-order valence-corrected chi connectivity index (χ0v) is 15.3. The Bertz CT molecular complexity index is 786. The first-order chi connectivity index (χ1) is 12.0. The average Bonchev–Trinajstić information content (AvgIpc) is 2.58. The van der Waals surface area contributed by atoms with Crippen molar-refractivity contribution in [2.75, 3.05) is 11.6 Å². The van der Waals surface area contributed by atoms with Crippen LogP contribution in [0.2, 0.25) is 0 Å². The van der Waals surface area contributed by atoms with Crippen LogP contribution < -0.4 is 10.7 Å². The molecule has 2 N–H and O–H groups in total. The standard InChI is InChI=1S/C19H21N3O2S/c1-13-4-9-17(14(2)10-13)21-18(23)11-19(24)22-20-12-15-5-7-16(25-3)8-6-15/h4-10,12H,11H2,1-3H3,(H,21,23)(H,22,24). The second-order valence-electron chi connectivity index (χ2n) is 5.61. The quantitative estimate of drug-likeness (QED) is 0.361. The van der Waals surface area contributed by atoms with Crippen molar-refractivity contribution < 1.29 is 9.59 Å². The Morgan fingerprint density at radius 1 is 1.08 bits per heavy atom. The van der Waals surface area contributed by atoms with Gasteiger partial charge >= 0.3 is 0 Å². The molecule has 0 heterocycles. The number of hydrazone groups is 1. The number of aryl methyl sites for hydroxylation is 2. The third-order valence-electron chi connectivity index (χ3n) is 3.50. The summed E-state index contributed by atoms with van der Waals surface area (Å²) in [4.78, 5) is 24.9. The lowest BCUT2D eigenvalue weighted by atomic mass is 10.1. The van der Waals surface area contributed by atoms with Gasteiger partial charge in [0.1, 0.15) is 6.42 Å². The maximum absolute atomic E-state index is 11.9. The van der Waals surface area contributed by atoms with Gasteiger partial charge in [-0.2, -0.15) is 5.10 Å². The Hall–Kier alpha value is -2.60. The molecule has 0 unspecified atom stereocenters. The number of amides is 2. The summed E-state index contributed by atoms with van der Waals surface area (Å²) < 4.78 is 0. The number of rotatable bonds is 6. The fraction of sp³-hybridized carbons (Fsp3) is 0.211. The molecule has 6 heteroatoms. The van der Waals surface area contributed by atoms with Gasteiger partial charge in [-0.15, -0.1) is 11.8 Å². The molecule has 0 spiro atoms. The first-order valence-electron chi connectivity index (χ1n) is 7.81. The Balaban J connectivity index is 1.82. The molecule has 0 radical (unpaired) electrons. The predicted octanol–water partition coefficient (Wildman–Crippen LogP) is 3.50. The van der Waals surface area contributed by atoms with Crippen molar-refractivity contribution in [1.29, 1.82) is 0 Å². The Labute approximate surface area is 151 Å². The largest absolute Gasteiger partial charge is 0.325 e. The van der Waals surface area contributed by atoms with E-state index in [9.17, 15) is 9.59 Å². The minimum absolute atomic E-state index is 0.282. The maximum atomic E-state index is 11.9. The average molecular weight is 355 g/mol. The maximum Gasteiger partial charge on any atom is 0.249 e. The Morgan fingerprint density at radius 3 is 2.44 bits per heavy atom. The molecule has 0 aliphatic heterocycles. The van der Waals surface area contributed by atoms with Crippen molar-refractivity contribution in [2.45, 2.75) is 25.2 Å². The molecule has 0 saturated carbocycles. The molecule has 0 saturated heterocycles. The second-order valence-corrected chi connectivity index (χ2v) is 6.49. The summed E-state index contributed by atoms with van der Waals surface area (Å²) in [5.74, 6) is -0.830. The van der Waals surface area contributed by atoms with Crippen molar-refractivity contribution in [3.05, 3.63) is 59.2 Å². The lowest BCUT2D eigenvalue weighted by Gasteiger charge is -2.08. The van der Waals surface area contributed by atoms with E-state index in [1.165, 1.54) is 0 Å². The number of nitrogens with zero attached hydrogens (tertiary/aromatic N) is 1. The van der Waals surface area contributed by atoms with Gasteiger partial charge in [-0.05, 0) is 49.4 Å². The fourth-order valence-electron chi connectivity index (χ4n) is 2.20. The number of hydrogen-bond donors (Lipinski definition) is 2. The molecule has 25 heavy (non-hydrogen) atoms. The first kappa shape index (κ1) is 18.7. The number of thioether (sulfide) groups is 1. The van der Waals surface area contributed by atoms with E-state index >= 15 is 0 Å². The molecule has 0 bridgehead atoms. The molecule has 0 aliphatic carbocycles. The molecular weight excluding hydrogens is 334 g/mol. The molecule has 2 rings (SSSR count). The highest BCUT2D eigenvalue weighted by Gasteiger charge is 2.10. The van der Waals surface area contributed by atoms with Crippen molar-refractivity contribution in [2.24, 2.45) is 5.10 Å². The highest BCUT2D eigenvalue weighted by Crippen LogP contribution is 2.16. The van der Waals surface area contributed by atoms with Crippen LogP contribution in [0, 0.1) is 13.8 Å². The van der Waals surface area contributed by atoms with Crippen LogP contribution in [-0.2, 0) is 9.59 Å². The summed E-state index contributed by atoms with van der Waals surface area (Å²) in [5, 5.41) is 6.61. The third-order valence-corrected chi connectivity index (χ3v) is 4.24. The number of carbonyl (C=O) groups is 2. The molecule has 2 aromatic carbocycles. The zero-order valence-electron chi connectivity index (χ0n) is 14.5. The molecule has 2 amide bonds. The van der Waals surface area contributed by atoms with Gasteiger partial charge in [0.05, 0.1) is 6.21 Å². The molecule has 2 aromatic rings. The van der Waals surface area contributed by atoms with Crippen molar-refractivity contribution in [3.63, 3.8) is 0 Å². The van der Waals surface area contributed by atoms with Gasteiger partial charge in [0.15, 0.2) is 0 Å². The summed E-state index contributed by atoms with van der Waals surface area (Å²) >= 11 is 1.66. The van der Waals surface area contributed by atoms with Gasteiger partial charge in [0.2, 0.25) is 11.8 Å². The van der Waals surface area contributed by atoms with E-state index in [-0.39, 0.29) is 12.3 Å². The van der Waals surface area contributed by atoms with Gasteiger partial charge in [0, 0.05) is 10.6 Å². The van der Waals surface area contributed by atoms with E-state index in [1.807, 2.05) is 62.6 Å². The van der Waals surface area contributed by atoms with Crippen molar-refractivity contribution in [3.8, 4) is 0 Å². The highest BCUT2D eigenvalue weighted by molar-refractivity contribution is 7.98. The van der Waals surface area contributed by atoms with E-state index in [4.69, 9.17) is 0 Å². The summed E-state index contributed by atoms with van der Waals surface area (Å²) in [6.45, 7) is 3.90. The third kappa shape index (κ3) is 6.08. The molecule has 5 nitrogen and oxygen atoms in total. The van der Waals surface area contributed by atoms with Crippen molar-refractivity contribution in [1.82, 2.24) is 5.43 Å². The Kier molecular flexibility index (Phi) is 6.77. The molecular formula is C19H21N3O2S. The molecule has 0 atom stereocenters. The smallest absolute Gasteiger partial charge is 0.249 e. The number of benzene rings is 2. The van der Waals surface area contributed by atoms with E-state index in [2.05, 4.69) is 15.8 Å². The van der Waals surface area contributed by atoms with E-state index < -0.39 is 5.91 Å². The monoisotopic (exact) mass is 355 g/mol. The van der Waals surface area contributed by atoms with Gasteiger partial charge in [0.25, 0.3) is 0 Å². The SMILES string of the molecule is CSc1ccc(C=NNC(=O)CC(=O)Nc2ccc(C)cc2C)cc1. The van der Waals surface area contributed by atoms with Crippen LogP contribution in [0.1, 0.15) is 23.1 Å². The van der Waals surface area contributed by atoms with E-state index in [0.717, 1.165) is 21.6 Å². The van der Waals surface area contributed by atoms with E-state index in [1.54, 1.807) is 18.0 Å². The summed E-state index contributed by atoms with van der Waals surface area (Å²) in [6.07, 6.45) is 3.27. The molecule has 0 aromatic heterocycles. The Morgan fingerprint density at radius 2 is 1.80 bits per heavy atom. The minimum atomic E-state index is -0.459. The van der Waals surface area contributed by atoms with Crippen LogP contribution >= 0.6 is 11.8 Å². The van der Waals surface area contributed by atoms with Crippen LogP contribution in [0.25, 0.3) is 0 Å². The summed E-state index contributed by atoms with van der Waals surface area (Å²) in [5.41, 5.74) is 6.02. The van der Waals surface area contributed by atoms with Crippen LogP contribution in [0.4, 0.5) is 5.69 Å².